The van der Waals surface area contributed by atoms with Crippen LogP contribution in [0, 0.1) is 13.8 Å². The van der Waals surface area contributed by atoms with Crippen molar-refractivity contribution in [3.05, 3.63) is 53.1 Å². The Labute approximate surface area is 145 Å². The molecule has 24 heavy (non-hydrogen) atoms. The zero-order chi connectivity index (χ0) is 17.9. The summed E-state index contributed by atoms with van der Waals surface area (Å²) < 4.78 is 5.12. The van der Waals surface area contributed by atoms with Gasteiger partial charge in [0.05, 0.1) is 12.4 Å². The van der Waals surface area contributed by atoms with Gasteiger partial charge in [0.25, 0.3) is 0 Å². The average molecular weight is 347 g/mol. The molecule has 0 saturated heterocycles. The van der Waals surface area contributed by atoms with E-state index in [2.05, 4.69) is 0 Å². The molecule has 2 atom stereocenters. The summed E-state index contributed by atoms with van der Waals surface area (Å²) in [6.45, 7) is 3.93. The fourth-order valence-corrected chi connectivity index (χ4v) is 3.54. The molecule has 0 bridgehead atoms. The summed E-state index contributed by atoms with van der Waals surface area (Å²) >= 11 is 1.24. The third-order valence-electron chi connectivity index (χ3n) is 3.86. The number of carbonyl (C=O) groups is 1. The van der Waals surface area contributed by atoms with Crippen LogP contribution in [0.5, 0.6) is 5.75 Å². The number of aryl methyl sites for hydroxylation is 2. The van der Waals surface area contributed by atoms with Crippen LogP contribution in [0.3, 0.4) is 0 Å². The Morgan fingerprint density at radius 1 is 1.17 bits per heavy atom. The quantitative estimate of drug-likeness (QED) is 0.549. The minimum absolute atomic E-state index is 0.569. The van der Waals surface area contributed by atoms with Gasteiger partial charge in [0, 0.05) is 10.6 Å². The lowest BCUT2D eigenvalue weighted by Gasteiger charge is -2.21. The molecular weight excluding hydrogens is 326 g/mol. The standard InChI is InChI=1S/C18H21NO4S/c1-10-8-14(19)15(9-11(10)2)24-17(16(20)18(21)22)12-4-6-13(23-3)7-5-12/h4-9,16-17,20H,19H2,1-3H3,(H,21,22)/t16-,17+/m1/s1. The van der Waals surface area contributed by atoms with E-state index < -0.39 is 17.3 Å². The normalized spacial score (nSPS) is 13.3. The van der Waals surface area contributed by atoms with Crippen LogP contribution in [0.1, 0.15) is 21.9 Å². The number of rotatable bonds is 6. The maximum atomic E-state index is 11.3. The molecule has 0 aliphatic rings. The molecule has 0 heterocycles. The Bertz CT molecular complexity index is 731. The molecule has 0 amide bonds. The number of hydrogen-bond acceptors (Lipinski definition) is 5. The zero-order valence-electron chi connectivity index (χ0n) is 13.8. The number of nitrogen functional groups attached to an aromatic ring is 1. The number of methoxy groups -OCH3 is 1. The van der Waals surface area contributed by atoms with Crippen molar-refractivity contribution in [2.75, 3.05) is 12.8 Å². The van der Waals surface area contributed by atoms with Crippen LogP contribution in [0.25, 0.3) is 0 Å². The van der Waals surface area contributed by atoms with Gasteiger partial charge < -0.3 is 20.7 Å². The van der Waals surface area contributed by atoms with Crippen molar-refractivity contribution in [1.29, 1.82) is 0 Å². The third kappa shape index (κ3) is 4.01. The predicted molar refractivity (Wildman–Crippen MR) is 95.6 cm³/mol. The Morgan fingerprint density at radius 3 is 2.29 bits per heavy atom. The van der Waals surface area contributed by atoms with Crippen LogP contribution in [0.2, 0.25) is 0 Å². The Kier molecular flexibility index (Phi) is 5.75. The van der Waals surface area contributed by atoms with E-state index in [9.17, 15) is 15.0 Å². The first-order valence-electron chi connectivity index (χ1n) is 7.41. The lowest BCUT2D eigenvalue weighted by atomic mass is 10.1. The fourth-order valence-electron chi connectivity index (χ4n) is 2.29. The van der Waals surface area contributed by atoms with Crippen LogP contribution < -0.4 is 10.5 Å². The highest BCUT2D eigenvalue weighted by Crippen LogP contribution is 2.41. The van der Waals surface area contributed by atoms with Crippen molar-refractivity contribution in [1.82, 2.24) is 0 Å². The monoisotopic (exact) mass is 347 g/mol. The van der Waals surface area contributed by atoms with Crippen LogP contribution in [-0.4, -0.2) is 29.4 Å². The Morgan fingerprint density at radius 2 is 1.75 bits per heavy atom. The molecule has 0 aliphatic carbocycles. The number of anilines is 1. The molecule has 128 valence electrons. The van der Waals surface area contributed by atoms with Crippen molar-refractivity contribution < 1.29 is 19.7 Å². The molecule has 0 spiro atoms. The van der Waals surface area contributed by atoms with Gasteiger partial charge in [-0.1, -0.05) is 12.1 Å². The molecule has 0 unspecified atom stereocenters. The van der Waals surface area contributed by atoms with Crippen molar-refractivity contribution in [3.8, 4) is 5.75 Å². The van der Waals surface area contributed by atoms with E-state index in [0.717, 1.165) is 16.0 Å². The van der Waals surface area contributed by atoms with Gasteiger partial charge in [-0.2, -0.15) is 0 Å². The highest BCUT2D eigenvalue weighted by atomic mass is 32.2. The lowest BCUT2D eigenvalue weighted by Crippen LogP contribution is -2.26. The number of carboxylic acids is 1. The van der Waals surface area contributed by atoms with E-state index in [4.69, 9.17) is 10.5 Å². The van der Waals surface area contributed by atoms with E-state index in [0.29, 0.717) is 17.0 Å². The van der Waals surface area contributed by atoms with E-state index in [-0.39, 0.29) is 0 Å². The molecule has 0 radical (unpaired) electrons. The Hall–Kier alpha value is -2.18. The van der Waals surface area contributed by atoms with Gasteiger partial charge in [-0.3, -0.25) is 0 Å². The molecule has 2 rings (SSSR count). The summed E-state index contributed by atoms with van der Waals surface area (Å²) in [5.41, 5.74) is 9.45. The number of benzene rings is 2. The molecule has 0 fully saturated rings. The van der Waals surface area contributed by atoms with Crippen molar-refractivity contribution >= 4 is 23.4 Å². The highest BCUT2D eigenvalue weighted by Gasteiger charge is 2.29. The fraction of sp³-hybridized carbons (Fsp3) is 0.278. The van der Waals surface area contributed by atoms with Gasteiger partial charge in [-0.25, -0.2) is 4.79 Å². The minimum Gasteiger partial charge on any atom is -0.497 e. The van der Waals surface area contributed by atoms with Gasteiger partial charge in [0.15, 0.2) is 6.10 Å². The summed E-state index contributed by atoms with van der Waals surface area (Å²) in [5.74, 6) is -0.608. The zero-order valence-corrected chi connectivity index (χ0v) is 14.6. The number of aliphatic hydroxyl groups is 1. The third-order valence-corrected chi connectivity index (χ3v) is 5.26. The second-order valence-electron chi connectivity index (χ2n) is 5.57. The van der Waals surface area contributed by atoms with E-state index in [1.54, 1.807) is 31.4 Å². The van der Waals surface area contributed by atoms with Gasteiger partial charge in [0.2, 0.25) is 0 Å². The van der Waals surface area contributed by atoms with Crippen LogP contribution >= 0.6 is 11.8 Å². The number of carboxylic acid groups (broad SMARTS) is 1. The molecule has 4 N–H and O–H groups in total. The molecule has 6 heteroatoms. The number of nitrogens with two attached hydrogens (primary N) is 1. The topological polar surface area (TPSA) is 92.8 Å². The largest absolute Gasteiger partial charge is 0.497 e. The highest BCUT2D eigenvalue weighted by molar-refractivity contribution is 7.99. The number of aliphatic carboxylic acids is 1. The first kappa shape index (κ1) is 18.2. The van der Waals surface area contributed by atoms with Gasteiger partial charge in [-0.05, 0) is 54.8 Å². The first-order chi connectivity index (χ1) is 11.3. The molecule has 5 nitrogen and oxygen atoms in total. The Balaban J connectivity index is 2.39. The molecule has 0 aromatic heterocycles. The average Bonchev–Trinajstić information content (AvgIpc) is 2.56. The van der Waals surface area contributed by atoms with Gasteiger partial charge >= 0.3 is 5.97 Å². The van der Waals surface area contributed by atoms with Crippen LogP contribution in [0.4, 0.5) is 5.69 Å². The van der Waals surface area contributed by atoms with E-state index in [1.165, 1.54) is 11.8 Å². The number of thioether (sulfide) groups is 1. The molecule has 2 aromatic carbocycles. The maximum Gasteiger partial charge on any atom is 0.334 e. The number of ether oxygens (including phenoxy) is 1. The van der Waals surface area contributed by atoms with Crippen molar-refractivity contribution in [2.45, 2.75) is 30.1 Å². The molecule has 0 saturated carbocycles. The van der Waals surface area contributed by atoms with Crippen molar-refractivity contribution in [2.24, 2.45) is 0 Å². The van der Waals surface area contributed by atoms with Crippen molar-refractivity contribution in [3.63, 3.8) is 0 Å². The number of aliphatic hydroxyl groups excluding tert-OH is 1. The second kappa shape index (κ2) is 7.59. The van der Waals surface area contributed by atoms with Gasteiger partial charge in [0.1, 0.15) is 5.75 Å². The predicted octanol–water partition coefficient (Wildman–Crippen LogP) is 3.17. The van der Waals surface area contributed by atoms with Crippen LogP contribution in [0.15, 0.2) is 41.3 Å². The molecular formula is C18H21NO4S. The van der Waals surface area contributed by atoms with Gasteiger partial charge in [-0.15, -0.1) is 11.8 Å². The van der Waals surface area contributed by atoms with E-state index >= 15 is 0 Å². The summed E-state index contributed by atoms with van der Waals surface area (Å²) in [6.07, 6.45) is -1.55. The summed E-state index contributed by atoms with van der Waals surface area (Å²) in [7, 11) is 1.56. The molecule has 0 aliphatic heterocycles. The lowest BCUT2D eigenvalue weighted by molar-refractivity contribution is -0.146. The SMILES string of the molecule is COc1ccc([C@H](Sc2cc(C)c(C)cc2N)[C@@H](O)C(=O)O)cc1. The maximum absolute atomic E-state index is 11.3. The summed E-state index contributed by atoms with van der Waals surface area (Å²) in [4.78, 5) is 12.1. The molecule has 2 aromatic rings. The van der Waals surface area contributed by atoms with Crippen LogP contribution in [-0.2, 0) is 4.79 Å². The number of hydrogen-bond donors (Lipinski definition) is 3. The van der Waals surface area contributed by atoms with E-state index in [1.807, 2.05) is 26.0 Å². The summed E-state index contributed by atoms with van der Waals surface area (Å²) in [6, 6.07) is 10.7. The minimum atomic E-state index is -1.55. The smallest absolute Gasteiger partial charge is 0.334 e. The second-order valence-corrected chi connectivity index (χ2v) is 6.75. The summed E-state index contributed by atoms with van der Waals surface area (Å²) in [5, 5.41) is 18.7. The first-order valence-corrected chi connectivity index (χ1v) is 8.29.